The highest BCUT2D eigenvalue weighted by Gasteiger charge is 2.25. The van der Waals surface area contributed by atoms with Gasteiger partial charge >= 0.3 is 0 Å². The lowest BCUT2D eigenvalue weighted by atomic mass is 10.2. The van der Waals surface area contributed by atoms with E-state index in [-0.39, 0.29) is 5.91 Å². The van der Waals surface area contributed by atoms with Gasteiger partial charge in [-0.1, -0.05) is 0 Å². The Morgan fingerprint density at radius 3 is 2.76 bits per heavy atom. The van der Waals surface area contributed by atoms with Crippen LogP contribution in [0.1, 0.15) is 53.5 Å². The van der Waals surface area contributed by atoms with Crippen molar-refractivity contribution >= 4 is 5.91 Å². The quantitative estimate of drug-likeness (QED) is 0.856. The van der Waals surface area contributed by atoms with Crippen molar-refractivity contribution in [2.75, 3.05) is 13.6 Å². The van der Waals surface area contributed by atoms with Crippen LogP contribution in [0.2, 0.25) is 0 Å². The topological polar surface area (TPSA) is 54.5 Å². The molecular formula is C19H28N4O2. The number of carbonyl (C=O) groups is 1. The zero-order valence-electron chi connectivity index (χ0n) is 15.9. The summed E-state index contributed by atoms with van der Waals surface area (Å²) in [6.45, 7) is 11.1. The van der Waals surface area contributed by atoms with Crippen LogP contribution in [0.5, 0.6) is 0 Å². The van der Waals surface area contributed by atoms with Gasteiger partial charge in [-0.05, 0) is 47.2 Å². The average molecular weight is 344 g/mol. The van der Waals surface area contributed by atoms with Crippen LogP contribution >= 0.6 is 0 Å². The molecule has 0 saturated carbocycles. The SMILES string of the molecule is Cc1cc(C(=O)N2CCCn3cnc(CN(C)C(C)C)c3C2)c(C)o1. The molecule has 0 N–H and O–H groups in total. The minimum atomic E-state index is 0.0483. The number of rotatable bonds is 4. The molecule has 3 heterocycles. The van der Waals surface area contributed by atoms with Crippen LogP contribution in [-0.4, -0.2) is 44.9 Å². The molecule has 0 saturated heterocycles. The van der Waals surface area contributed by atoms with Gasteiger partial charge in [0, 0.05) is 25.7 Å². The lowest BCUT2D eigenvalue weighted by Gasteiger charge is -2.23. The molecule has 0 spiro atoms. The highest BCUT2D eigenvalue weighted by molar-refractivity contribution is 5.95. The molecule has 1 aliphatic rings. The van der Waals surface area contributed by atoms with E-state index < -0.39 is 0 Å². The van der Waals surface area contributed by atoms with Gasteiger partial charge in [-0.15, -0.1) is 0 Å². The average Bonchev–Trinajstić information content (AvgIpc) is 3.00. The number of aromatic nitrogens is 2. The first-order valence-electron chi connectivity index (χ1n) is 8.96. The molecule has 0 bridgehead atoms. The van der Waals surface area contributed by atoms with Crippen molar-refractivity contribution in [2.24, 2.45) is 0 Å². The van der Waals surface area contributed by atoms with E-state index in [1.54, 1.807) is 0 Å². The number of fused-ring (bicyclic) bond motifs is 1. The van der Waals surface area contributed by atoms with Gasteiger partial charge in [0.25, 0.3) is 5.91 Å². The minimum Gasteiger partial charge on any atom is -0.466 e. The molecule has 0 aromatic carbocycles. The van der Waals surface area contributed by atoms with Crippen molar-refractivity contribution in [3.8, 4) is 0 Å². The molecule has 25 heavy (non-hydrogen) atoms. The normalized spacial score (nSPS) is 14.9. The van der Waals surface area contributed by atoms with E-state index in [9.17, 15) is 4.79 Å². The maximum Gasteiger partial charge on any atom is 0.257 e. The lowest BCUT2D eigenvalue weighted by molar-refractivity contribution is 0.0743. The predicted octanol–water partition coefficient (Wildman–Crippen LogP) is 2.98. The molecule has 3 rings (SSSR count). The summed E-state index contributed by atoms with van der Waals surface area (Å²) < 4.78 is 7.74. The Bertz CT molecular complexity index is 760. The predicted molar refractivity (Wildman–Crippen MR) is 96.4 cm³/mol. The number of nitrogens with zero attached hydrogens (tertiary/aromatic N) is 4. The van der Waals surface area contributed by atoms with E-state index in [2.05, 4.69) is 35.3 Å². The highest BCUT2D eigenvalue weighted by atomic mass is 16.3. The van der Waals surface area contributed by atoms with Gasteiger partial charge in [-0.25, -0.2) is 4.98 Å². The lowest BCUT2D eigenvalue weighted by Crippen LogP contribution is -2.32. The van der Waals surface area contributed by atoms with E-state index in [0.29, 0.717) is 23.9 Å². The second kappa shape index (κ2) is 7.04. The molecule has 6 heteroatoms. The summed E-state index contributed by atoms with van der Waals surface area (Å²) in [6.07, 6.45) is 2.85. The molecule has 1 aliphatic heterocycles. The van der Waals surface area contributed by atoms with Crippen molar-refractivity contribution in [1.29, 1.82) is 0 Å². The molecule has 2 aromatic rings. The van der Waals surface area contributed by atoms with Crippen molar-refractivity contribution in [3.05, 3.63) is 40.9 Å². The summed E-state index contributed by atoms with van der Waals surface area (Å²) >= 11 is 0. The summed E-state index contributed by atoms with van der Waals surface area (Å²) in [5.74, 6) is 1.52. The van der Waals surface area contributed by atoms with Crippen molar-refractivity contribution in [1.82, 2.24) is 19.4 Å². The maximum atomic E-state index is 13.0. The van der Waals surface area contributed by atoms with E-state index in [4.69, 9.17) is 4.42 Å². The van der Waals surface area contributed by atoms with Gasteiger partial charge in [0.2, 0.25) is 0 Å². The molecule has 0 atom stereocenters. The van der Waals surface area contributed by atoms with Crippen LogP contribution in [0.15, 0.2) is 16.8 Å². The Balaban J connectivity index is 1.84. The van der Waals surface area contributed by atoms with E-state index in [1.807, 2.05) is 31.1 Å². The zero-order chi connectivity index (χ0) is 18.1. The molecule has 2 aromatic heterocycles. The first-order chi connectivity index (χ1) is 11.9. The standard InChI is InChI=1S/C19H28N4O2/c1-13(2)21(5)10-17-18-11-22(7-6-8-23(18)12-20-17)19(24)16-9-14(3)25-15(16)4/h9,12-13H,6-8,10-11H2,1-5H3. The molecule has 0 aliphatic carbocycles. The van der Waals surface area contributed by atoms with Gasteiger partial charge in [0.1, 0.15) is 11.5 Å². The minimum absolute atomic E-state index is 0.0483. The summed E-state index contributed by atoms with van der Waals surface area (Å²) in [7, 11) is 2.10. The number of hydrogen-bond acceptors (Lipinski definition) is 4. The molecule has 6 nitrogen and oxygen atoms in total. The summed E-state index contributed by atoms with van der Waals surface area (Å²) in [4.78, 5) is 21.8. The number of hydrogen-bond donors (Lipinski definition) is 0. The van der Waals surface area contributed by atoms with Gasteiger partial charge < -0.3 is 13.9 Å². The molecule has 0 unspecified atom stereocenters. The van der Waals surface area contributed by atoms with Crippen LogP contribution in [-0.2, 0) is 19.6 Å². The Morgan fingerprint density at radius 1 is 1.36 bits per heavy atom. The molecule has 0 fully saturated rings. The largest absolute Gasteiger partial charge is 0.466 e. The Kier molecular flexibility index (Phi) is 4.99. The van der Waals surface area contributed by atoms with Crippen molar-refractivity contribution in [3.63, 3.8) is 0 Å². The van der Waals surface area contributed by atoms with Gasteiger partial charge in [-0.2, -0.15) is 0 Å². The third-order valence-electron chi connectivity index (χ3n) is 5.04. The number of amides is 1. The van der Waals surface area contributed by atoms with Crippen LogP contribution in [0.4, 0.5) is 0 Å². The number of carbonyl (C=O) groups excluding carboxylic acids is 1. The third kappa shape index (κ3) is 3.63. The second-order valence-electron chi connectivity index (χ2n) is 7.25. The van der Waals surface area contributed by atoms with E-state index in [0.717, 1.165) is 43.2 Å². The monoisotopic (exact) mass is 344 g/mol. The van der Waals surface area contributed by atoms with Gasteiger partial charge in [-0.3, -0.25) is 9.69 Å². The second-order valence-corrected chi connectivity index (χ2v) is 7.25. The van der Waals surface area contributed by atoms with Crippen LogP contribution < -0.4 is 0 Å². The summed E-state index contributed by atoms with van der Waals surface area (Å²) in [6, 6.07) is 2.30. The van der Waals surface area contributed by atoms with E-state index in [1.165, 1.54) is 0 Å². The van der Waals surface area contributed by atoms with Gasteiger partial charge in [0.05, 0.1) is 29.8 Å². The van der Waals surface area contributed by atoms with Crippen LogP contribution in [0.25, 0.3) is 0 Å². The Hall–Kier alpha value is -2.08. The first-order valence-corrected chi connectivity index (χ1v) is 8.96. The van der Waals surface area contributed by atoms with Crippen molar-refractivity contribution < 1.29 is 9.21 Å². The fourth-order valence-electron chi connectivity index (χ4n) is 3.25. The van der Waals surface area contributed by atoms with Crippen LogP contribution in [0, 0.1) is 13.8 Å². The first kappa shape index (κ1) is 17.7. The zero-order valence-corrected chi connectivity index (χ0v) is 15.9. The third-order valence-corrected chi connectivity index (χ3v) is 5.04. The number of imidazole rings is 1. The van der Waals surface area contributed by atoms with Crippen molar-refractivity contribution in [2.45, 2.75) is 59.8 Å². The fourth-order valence-corrected chi connectivity index (χ4v) is 3.25. The summed E-state index contributed by atoms with van der Waals surface area (Å²) in [5, 5.41) is 0. The number of furan rings is 1. The summed E-state index contributed by atoms with van der Waals surface area (Å²) in [5.41, 5.74) is 2.89. The Labute approximate surface area is 149 Å². The van der Waals surface area contributed by atoms with E-state index >= 15 is 0 Å². The van der Waals surface area contributed by atoms with Gasteiger partial charge in [0.15, 0.2) is 0 Å². The molecule has 136 valence electrons. The molecule has 1 amide bonds. The number of aryl methyl sites for hydroxylation is 3. The maximum absolute atomic E-state index is 13.0. The fraction of sp³-hybridized carbons (Fsp3) is 0.579. The Morgan fingerprint density at radius 2 is 2.12 bits per heavy atom. The highest BCUT2D eigenvalue weighted by Crippen LogP contribution is 2.22. The molecule has 0 radical (unpaired) electrons. The van der Waals surface area contributed by atoms with Crippen LogP contribution in [0.3, 0.4) is 0 Å². The smallest absolute Gasteiger partial charge is 0.257 e. The molecular weight excluding hydrogens is 316 g/mol.